The lowest BCUT2D eigenvalue weighted by molar-refractivity contribution is 0.0705. The van der Waals surface area contributed by atoms with Crippen LogP contribution in [0.15, 0.2) is 71.5 Å². The Balaban J connectivity index is 1.35. The molecular formula is C24H23N5O2. The van der Waals surface area contributed by atoms with Crippen LogP contribution in [0.2, 0.25) is 0 Å². The number of benzene rings is 2. The molecule has 5 rings (SSSR count). The molecule has 0 unspecified atom stereocenters. The van der Waals surface area contributed by atoms with Crippen molar-refractivity contribution in [3.8, 4) is 5.69 Å². The first kappa shape index (κ1) is 19.2. The summed E-state index contributed by atoms with van der Waals surface area (Å²) >= 11 is 0. The number of aryl methyl sites for hydroxylation is 1. The molecule has 1 aliphatic heterocycles. The van der Waals surface area contributed by atoms with Gasteiger partial charge in [-0.2, -0.15) is 5.10 Å². The molecule has 4 aromatic rings. The smallest absolute Gasteiger partial charge is 0.337 e. The van der Waals surface area contributed by atoms with E-state index in [1.807, 2.05) is 65.6 Å². The van der Waals surface area contributed by atoms with E-state index in [4.69, 9.17) is 0 Å². The van der Waals surface area contributed by atoms with Crippen LogP contribution in [0.5, 0.6) is 0 Å². The third-order valence-electron chi connectivity index (χ3n) is 5.93. The van der Waals surface area contributed by atoms with Crippen molar-refractivity contribution in [2.75, 3.05) is 13.1 Å². The lowest BCUT2D eigenvalue weighted by Crippen LogP contribution is -2.39. The zero-order chi connectivity index (χ0) is 21.4. The first-order chi connectivity index (χ1) is 15.1. The molecule has 7 nitrogen and oxygen atoms in total. The highest BCUT2D eigenvalue weighted by molar-refractivity contribution is 5.95. The van der Waals surface area contributed by atoms with E-state index in [9.17, 15) is 9.59 Å². The molecule has 0 radical (unpaired) electrons. The molecule has 0 atom stereocenters. The van der Waals surface area contributed by atoms with Gasteiger partial charge in [-0.15, -0.1) is 0 Å². The Hall–Kier alpha value is -3.74. The lowest BCUT2D eigenvalue weighted by Gasteiger charge is -2.31. The standard InChI is InChI=1S/C24H23N5O2/c1-27-24(31)29(19-8-3-2-4-9-19)22(26-27)18-13-15-28(16-14-18)23(30)21-12-11-17-7-5-6-10-20(17)25-21/h2-12,18H,13-16H2,1H3. The number of piperidine rings is 1. The van der Waals surface area contributed by atoms with Gasteiger partial charge < -0.3 is 4.90 Å². The van der Waals surface area contributed by atoms with E-state index in [-0.39, 0.29) is 17.5 Å². The van der Waals surface area contributed by atoms with Crippen LogP contribution in [-0.2, 0) is 7.05 Å². The third-order valence-corrected chi connectivity index (χ3v) is 5.93. The van der Waals surface area contributed by atoms with Gasteiger partial charge in [-0.05, 0) is 37.1 Å². The SMILES string of the molecule is Cn1nc(C2CCN(C(=O)c3ccc4ccccc4n3)CC2)n(-c2ccccc2)c1=O. The predicted molar refractivity (Wildman–Crippen MR) is 118 cm³/mol. The molecule has 3 heterocycles. The molecule has 2 aromatic heterocycles. The van der Waals surface area contributed by atoms with Gasteiger partial charge in [-0.1, -0.05) is 42.5 Å². The van der Waals surface area contributed by atoms with E-state index in [2.05, 4.69) is 10.1 Å². The van der Waals surface area contributed by atoms with Crippen LogP contribution in [0, 0.1) is 0 Å². The van der Waals surface area contributed by atoms with E-state index in [1.54, 1.807) is 17.7 Å². The minimum absolute atomic E-state index is 0.0503. The molecule has 0 spiro atoms. The van der Waals surface area contributed by atoms with Crippen LogP contribution in [-0.4, -0.2) is 43.2 Å². The number of amides is 1. The maximum absolute atomic E-state index is 13.0. The van der Waals surface area contributed by atoms with Gasteiger partial charge in [0.05, 0.1) is 11.2 Å². The van der Waals surface area contributed by atoms with Crippen LogP contribution in [0.4, 0.5) is 0 Å². The number of nitrogens with zero attached hydrogens (tertiary/aromatic N) is 5. The number of para-hydroxylation sites is 2. The van der Waals surface area contributed by atoms with Crippen LogP contribution in [0.25, 0.3) is 16.6 Å². The van der Waals surface area contributed by atoms with Crippen molar-refractivity contribution in [3.05, 3.63) is 88.7 Å². The van der Waals surface area contributed by atoms with Crippen molar-refractivity contribution in [3.63, 3.8) is 0 Å². The number of pyridine rings is 1. The maximum Gasteiger partial charge on any atom is 0.350 e. The van der Waals surface area contributed by atoms with Crippen LogP contribution in [0.3, 0.4) is 0 Å². The molecule has 0 aliphatic carbocycles. The minimum atomic E-state index is -0.153. The van der Waals surface area contributed by atoms with Crippen molar-refractivity contribution < 1.29 is 4.79 Å². The summed E-state index contributed by atoms with van der Waals surface area (Å²) in [6.45, 7) is 1.22. The molecule has 0 N–H and O–H groups in total. The Bertz CT molecular complexity index is 1300. The molecule has 1 fully saturated rings. The van der Waals surface area contributed by atoms with Crippen molar-refractivity contribution in [2.24, 2.45) is 7.05 Å². The second-order valence-electron chi connectivity index (χ2n) is 7.89. The Labute approximate surface area is 179 Å². The van der Waals surface area contributed by atoms with Crippen molar-refractivity contribution >= 4 is 16.8 Å². The first-order valence-corrected chi connectivity index (χ1v) is 10.5. The normalized spacial score (nSPS) is 14.8. The number of aromatic nitrogens is 4. The Morgan fingerprint density at radius 1 is 0.935 bits per heavy atom. The summed E-state index contributed by atoms with van der Waals surface area (Å²) in [5.41, 5.74) is 1.95. The predicted octanol–water partition coefficient (Wildman–Crippen LogP) is 3.14. The molecule has 0 bridgehead atoms. The molecule has 31 heavy (non-hydrogen) atoms. The molecular weight excluding hydrogens is 390 g/mol. The zero-order valence-electron chi connectivity index (χ0n) is 17.3. The summed E-state index contributed by atoms with van der Waals surface area (Å²) in [5.74, 6) is 0.822. The van der Waals surface area contributed by atoms with Gasteiger partial charge in [0.25, 0.3) is 5.91 Å². The highest BCUT2D eigenvalue weighted by atomic mass is 16.2. The summed E-state index contributed by atoms with van der Waals surface area (Å²) in [6.07, 6.45) is 1.51. The zero-order valence-corrected chi connectivity index (χ0v) is 17.3. The van der Waals surface area contributed by atoms with E-state index >= 15 is 0 Å². The number of fused-ring (bicyclic) bond motifs is 1. The number of carbonyl (C=O) groups excluding carboxylic acids is 1. The molecule has 1 amide bonds. The monoisotopic (exact) mass is 413 g/mol. The highest BCUT2D eigenvalue weighted by Crippen LogP contribution is 2.28. The van der Waals surface area contributed by atoms with Gasteiger partial charge >= 0.3 is 5.69 Å². The van der Waals surface area contributed by atoms with Gasteiger partial charge in [0.15, 0.2) is 0 Å². The van der Waals surface area contributed by atoms with Gasteiger partial charge in [0, 0.05) is 31.4 Å². The number of likely N-dealkylation sites (tertiary alicyclic amines) is 1. The second kappa shape index (κ2) is 7.83. The van der Waals surface area contributed by atoms with Gasteiger partial charge in [-0.3, -0.25) is 4.79 Å². The summed E-state index contributed by atoms with van der Waals surface area (Å²) in [7, 11) is 1.68. The van der Waals surface area contributed by atoms with Crippen LogP contribution in [0.1, 0.15) is 35.1 Å². The van der Waals surface area contributed by atoms with E-state index in [0.29, 0.717) is 18.8 Å². The largest absolute Gasteiger partial charge is 0.350 e. The van der Waals surface area contributed by atoms with E-state index < -0.39 is 0 Å². The number of hydrogen-bond acceptors (Lipinski definition) is 4. The Kier molecular flexibility index (Phi) is 4.86. The maximum atomic E-state index is 13.0. The third kappa shape index (κ3) is 3.52. The Morgan fingerprint density at radius 2 is 1.65 bits per heavy atom. The average Bonchev–Trinajstić information content (AvgIpc) is 3.13. The highest BCUT2D eigenvalue weighted by Gasteiger charge is 2.29. The quantitative estimate of drug-likeness (QED) is 0.517. The number of rotatable bonds is 3. The summed E-state index contributed by atoms with van der Waals surface area (Å²) in [4.78, 5) is 32.1. The molecule has 1 saturated heterocycles. The van der Waals surface area contributed by atoms with Crippen LogP contribution < -0.4 is 5.69 Å². The molecule has 1 aliphatic rings. The molecule has 7 heteroatoms. The fraction of sp³-hybridized carbons (Fsp3) is 0.250. The number of hydrogen-bond donors (Lipinski definition) is 0. The summed E-state index contributed by atoms with van der Waals surface area (Å²) in [6, 6.07) is 21.1. The minimum Gasteiger partial charge on any atom is -0.337 e. The molecule has 156 valence electrons. The van der Waals surface area contributed by atoms with Crippen LogP contribution >= 0.6 is 0 Å². The van der Waals surface area contributed by atoms with E-state index in [1.165, 1.54) is 4.68 Å². The van der Waals surface area contributed by atoms with Crippen molar-refractivity contribution in [1.29, 1.82) is 0 Å². The topological polar surface area (TPSA) is 73.0 Å². The average molecular weight is 413 g/mol. The van der Waals surface area contributed by atoms with Crippen molar-refractivity contribution in [1.82, 2.24) is 24.2 Å². The second-order valence-corrected chi connectivity index (χ2v) is 7.89. The fourth-order valence-corrected chi connectivity index (χ4v) is 4.26. The number of carbonyl (C=O) groups is 1. The summed E-state index contributed by atoms with van der Waals surface area (Å²) < 4.78 is 3.08. The van der Waals surface area contributed by atoms with E-state index in [0.717, 1.165) is 35.3 Å². The molecule has 0 saturated carbocycles. The van der Waals surface area contributed by atoms with Gasteiger partial charge in [-0.25, -0.2) is 19.0 Å². The van der Waals surface area contributed by atoms with Gasteiger partial charge in [0.2, 0.25) is 0 Å². The van der Waals surface area contributed by atoms with Gasteiger partial charge in [0.1, 0.15) is 11.5 Å². The Morgan fingerprint density at radius 3 is 2.42 bits per heavy atom. The molecule has 2 aromatic carbocycles. The fourth-order valence-electron chi connectivity index (χ4n) is 4.26. The first-order valence-electron chi connectivity index (χ1n) is 10.5. The summed E-state index contributed by atoms with van der Waals surface area (Å²) in [5, 5.41) is 5.54. The van der Waals surface area contributed by atoms with Crippen molar-refractivity contribution in [2.45, 2.75) is 18.8 Å². The lowest BCUT2D eigenvalue weighted by atomic mass is 9.95.